The first-order valence-electron chi connectivity index (χ1n) is 7.12. The van der Waals surface area contributed by atoms with Crippen LogP contribution in [-0.4, -0.2) is 15.0 Å². The van der Waals surface area contributed by atoms with Crippen LogP contribution in [-0.2, 0) is 16.5 Å². The Hall–Kier alpha value is -1.79. The molecule has 2 aromatic carbocycles. The van der Waals surface area contributed by atoms with Gasteiger partial charge in [0.1, 0.15) is 22.3 Å². The number of halogens is 2. The molecule has 122 valence electrons. The second-order valence-corrected chi connectivity index (χ2v) is 6.73. The van der Waals surface area contributed by atoms with Gasteiger partial charge in [-0.1, -0.05) is 17.7 Å². The summed E-state index contributed by atoms with van der Waals surface area (Å²) in [5.41, 5.74) is 1.89. The van der Waals surface area contributed by atoms with Crippen LogP contribution in [0.2, 0.25) is 5.02 Å². The fraction of sp³-hybridized carbons (Fsp3) is 0.250. The minimum Gasteiger partial charge on any atom is -0.493 e. The maximum atomic E-state index is 13.6. The van der Waals surface area contributed by atoms with Gasteiger partial charge in [0.15, 0.2) is 0 Å². The van der Waals surface area contributed by atoms with Crippen molar-refractivity contribution in [3.8, 4) is 5.75 Å². The van der Waals surface area contributed by atoms with Crippen molar-refractivity contribution < 1.29 is 17.5 Å². The number of rotatable bonds is 4. The Bertz CT molecular complexity index is 802. The highest BCUT2D eigenvalue weighted by atomic mass is 35.5. The lowest BCUT2D eigenvalue weighted by Crippen LogP contribution is -2.21. The Balaban J connectivity index is 1.94. The van der Waals surface area contributed by atoms with Crippen LogP contribution in [0.25, 0.3) is 0 Å². The van der Waals surface area contributed by atoms with Crippen LogP contribution in [0.15, 0.2) is 36.4 Å². The van der Waals surface area contributed by atoms with Crippen LogP contribution in [0.4, 0.5) is 10.1 Å². The van der Waals surface area contributed by atoms with Crippen LogP contribution in [0.3, 0.4) is 0 Å². The fourth-order valence-corrected chi connectivity index (χ4v) is 3.40. The van der Waals surface area contributed by atoms with Crippen LogP contribution >= 0.6 is 11.6 Å². The lowest BCUT2D eigenvalue weighted by atomic mass is 9.99. The van der Waals surface area contributed by atoms with Crippen molar-refractivity contribution in [2.45, 2.75) is 18.2 Å². The Kier molecular flexibility index (Phi) is 4.73. The fourth-order valence-electron chi connectivity index (χ4n) is 2.66. The van der Waals surface area contributed by atoms with Gasteiger partial charge in [0.25, 0.3) is 0 Å². The molecule has 1 atom stereocenters. The van der Waals surface area contributed by atoms with Crippen molar-refractivity contribution in [3.63, 3.8) is 0 Å². The Morgan fingerprint density at radius 3 is 2.87 bits per heavy atom. The van der Waals surface area contributed by atoms with Crippen molar-refractivity contribution in [1.82, 2.24) is 0 Å². The van der Waals surface area contributed by atoms with E-state index in [0.717, 1.165) is 11.3 Å². The van der Waals surface area contributed by atoms with Gasteiger partial charge >= 0.3 is 0 Å². The normalized spacial score (nSPS) is 16.7. The molecule has 4 nitrogen and oxygen atoms in total. The second-order valence-electron chi connectivity index (χ2n) is 5.31. The maximum absolute atomic E-state index is 13.6. The second kappa shape index (κ2) is 6.76. The van der Waals surface area contributed by atoms with Gasteiger partial charge in [-0.3, -0.25) is 0 Å². The molecule has 0 saturated heterocycles. The van der Waals surface area contributed by atoms with Crippen LogP contribution < -0.4 is 10.1 Å². The Morgan fingerprint density at radius 2 is 2.09 bits per heavy atom. The summed E-state index contributed by atoms with van der Waals surface area (Å²) < 4.78 is 41.2. The molecule has 0 saturated carbocycles. The van der Waals surface area contributed by atoms with E-state index in [9.17, 15) is 12.8 Å². The monoisotopic (exact) mass is 355 g/mol. The Labute approximate surface area is 140 Å². The van der Waals surface area contributed by atoms with Gasteiger partial charge < -0.3 is 10.1 Å². The zero-order valence-electron chi connectivity index (χ0n) is 12.1. The molecule has 0 aliphatic carbocycles. The van der Waals surface area contributed by atoms with E-state index in [1.807, 2.05) is 0 Å². The quantitative estimate of drug-likeness (QED) is 0.824. The minimum atomic E-state index is -2.59. The van der Waals surface area contributed by atoms with Gasteiger partial charge in [0.2, 0.25) is 0 Å². The number of hydrogen-bond acceptors (Lipinski definition) is 4. The van der Waals surface area contributed by atoms with E-state index in [1.165, 1.54) is 18.2 Å². The summed E-state index contributed by atoms with van der Waals surface area (Å²) in [4.78, 5) is 0. The largest absolute Gasteiger partial charge is 0.493 e. The molecule has 1 N–H and O–H groups in total. The summed E-state index contributed by atoms with van der Waals surface area (Å²) in [7, 11) is -2.59. The molecule has 23 heavy (non-hydrogen) atoms. The number of thiol groups is 1. The predicted octanol–water partition coefficient (Wildman–Crippen LogP) is 3.53. The summed E-state index contributed by atoms with van der Waals surface area (Å²) in [5, 5.41) is 3.82. The third-order valence-electron chi connectivity index (χ3n) is 3.71. The molecular weight excluding hydrogens is 341 g/mol. The van der Waals surface area contributed by atoms with E-state index in [-0.39, 0.29) is 11.8 Å². The average molecular weight is 356 g/mol. The lowest BCUT2D eigenvalue weighted by molar-refractivity contribution is 0.274. The lowest BCUT2D eigenvalue weighted by Gasteiger charge is -2.28. The van der Waals surface area contributed by atoms with Crippen LogP contribution in [0.1, 0.15) is 23.6 Å². The molecule has 1 heterocycles. The summed E-state index contributed by atoms with van der Waals surface area (Å²) in [5.74, 6) is 0.172. The summed E-state index contributed by atoms with van der Waals surface area (Å²) in [6.45, 7) is 0.521. The Morgan fingerprint density at radius 1 is 1.26 bits per heavy atom. The van der Waals surface area contributed by atoms with Gasteiger partial charge in [0.05, 0.1) is 18.4 Å². The number of nitrogens with one attached hydrogen (secondary N) is 1. The highest BCUT2D eigenvalue weighted by Crippen LogP contribution is 2.36. The molecule has 0 bridgehead atoms. The van der Waals surface area contributed by atoms with E-state index in [2.05, 4.69) is 5.32 Å². The van der Waals surface area contributed by atoms with E-state index in [0.29, 0.717) is 29.3 Å². The van der Waals surface area contributed by atoms with E-state index >= 15 is 0 Å². The molecule has 0 amide bonds. The van der Waals surface area contributed by atoms with Crippen molar-refractivity contribution >= 4 is 28.0 Å². The minimum absolute atomic E-state index is 0.123. The molecule has 0 aromatic heterocycles. The van der Waals surface area contributed by atoms with Gasteiger partial charge in [-0.25, -0.2) is 12.8 Å². The number of fused-ring (bicyclic) bond motifs is 1. The summed E-state index contributed by atoms with van der Waals surface area (Å²) in [6.07, 6.45) is 0.673. The summed E-state index contributed by atoms with van der Waals surface area (Å²) in [6, 6.07) is 9.29. The number of benzene rings is 2. The molecule has 0 radical (unpaired) electrons. The average Bonchev–Trinajstić information content (AvgIpc) is 2.50. The molecular formula is C16H15ClFNO3S. The molecule has 3 rings (SSSR count). The molecule has 7 heteroatoms. The van der Waals surface area contributed by atoms with Crippen molar-refractivity contribution in [2.75, 3.05) is 11.9 Å². The molecule has 0 fully saturated rings. The number of hydrogen-bond donors (Lipinski definition) is 2. The first kappa shape index (κ1) is 16.1. The van der Waals surface area contributed by atoms with Gasteiger partial charge in [-0.2, -0.15) is 0 Å². The highest BCUT2D eigenvalue weighted by Gasteiger charge is 2.22. The van der Waals surface area contributed by atoms with Crippen molar-refractivity contribution in [3.05, 3.63) is 58.4 Å². The van der Waals surface area contributed by atoms with Crippen molar-refractivity contribution in [1.29, 1.82) is 0 Å². The topological polar surface area (TPSA) is 55.4 Å². The van der Waals surface area contributed by atoms with E-state index in [1.54, 1.807) is 18.2 Å². The molecule has 2 aromatic rings. The van der Waals surface area contributed by atoms with Crippen LogP contribution in [0.5, 0.6) is 5.75 Å². The van der Waals surface area contributed by atoms with Crippen LogP contribution in [0, 0.1) is 5.82 Å². The maximum Gasteiger partial charge on any atom is 0.144 e. The highest BCUT2D eigenvalue weighted by molar-refractivity contribution is 7.71. The van der Waals surface area contributed by atoms with E-state index in [4.69, 9.17) is 16.3 Å². The number of ether oxygens (including phenoxy) is 1. The third kappa shape index (κ3) is 3.76. The first-order valence-corrected chi connectivity index (χ1v) is 8.86. The predicted molar refractivity (Wildman–Crippen MR) is 88.3 cm³/mol. The van der Waals surface area contributed by atoms with Gasteiger partial charge in [-0.05, 0) is 35.9 Å². The zero-order chi connectivity index (χ0) is 16.4. The molecule has 1 unspecified atom stereocenters. The third-order valence-corrected chi connectivity index (χ3v) is 4.55. The first-order chi connectivity index (χ1) is 11.0. The van der Waals surface area contributed by atoms with Gasteiger partial charge in [-0.15, -0.1) is 0 Å². The molecule has 1 aliphatic heterocycles. The smallest absolute Gasteiger partial charge is 0.144 e. The molecule has 1 aliphatic rings. The molecule has 0 spiro atoms. The van der Waals surface area contributed by atoms with E-state index < -0.39 is 16.5 Å². The number of anilines is 1. The standard InChI is InChI=1S/C16H15ClFNO3S/c17-11-2-4-16-13(7-11)14(5-6-22-16)19-15-8-12(18)3-1-10(15)9-23(20)21/h1-4,7-8,14,19,23H,5-6,9H2. The summed E-state index contributed by atoms with van der Waals surface area (Å²) >= 11 is 6.05. The SMILES string of the molecule is O=[SH](=O)Cc1ccc(F)cc1NC1CCOc2ccc(Cl)cc21. The zero-order valence-corrected chi connectivity index (χ0v) is 13.7. The van der Waals surface area contributed by atoms with Gasteiger partial charge in [0, 0.05) is 22.7 Å². The van der Waals surface area contributed by atoms with Crippen molar-refractivity contribution in [2.24, 2.45) is 0 Å².